The molecule has 0 radical (unpaired) electrons. The molecule has 0 aromatic carbocycles. The van der Waals surface area contributed by atoms with Crippen molar-refractivity contribution in [3.63, 3.8) is 0 Å². The molecule has 1 saturated carbocycles. The van der Waals surface area contributed by atoms with Crippen LogP contribution in [0.3, 0.4) is 0 Å². The van der Waals surface area contributed by atoms with Crippen molar-refractivity contribution in [2.24, 2.45) is 5.92 Å². The zero-order valence-corrected chi connectivity index (χ0v) is 16.8. The van der Waals surface area contributed by atoms with E-state index in [9.17, 15) is 19.8 Å². The molecule has 3 unspecified atom stereocenters. The van der Waals surface area contributed by atoms with Gasteiger partial charge in [0, 0.05) is 13.3 Å². The highest BCUT2D eigenvalue weighted by Gasteiger charge is 2.45. The van der Waals surface area contributed by atoms with Gasteiger partial charge >= 0.3 is 5.97 Å². The highest BCUT2D eigenvalue weighted by Crippen LogP contribution is 2.36. The molecule has 1 fully saturated rings. The van der Waals surface area contributed by atoms with E-state index in [0.717, 1.165) is 12.8 Å². The molecule has 0 aromatic rings. The maximum atomic E-state index is 12.4. The molecule has 0 amide bonds. The molecule has 0 bridgehead atoms. The topological polar surface area (TPSA) is 93.1 Å². The first-order valence-corrected chi connectivity index (χ1v) is 9.61. The lowest BCUT2D eigenvalue weighted by Crippen LogP contribution is -2.41. The van der Waals surface area contributed by atoms with Gasteiger partial charge in [0.1, 0.15) is 11.9 Å². The van der Waals surface area contributed by atoms with E-state index >= 15 is 0 Å². The first-order valence-electron chi connectivity index (χ1n) is 9.61. The first kappa shape index (κ1) is 23.4. The van der Waals surface area contributed by atoms with Gasteiger partial charge < -0.3 is 10.2 Å². The molecule has 0 aliphatic heterocycles. The smallest absolute Gasteiger partial charge is 0.339 e. The zero-order valence-electron chi connectivity index (χ0n) is 16.8. The second-order valence-corrected chi connectivity index (χ2v) is 7.51. The molecule has 6 nitrogen and oxygen atoms in total. The van der Waals surface area contributed by atoms with Gasteiger partial charge in [0.15, 0.2) is 0 Å². The van der Waals surface area contributed by atoms with Gasteiger partial charge in [-0.15, -0.1) is 0 Å². The van der Waals surface area contributed by atoms with Crippen molar-refractivity contribution >= 4 is 11.8 Å². The number of unbranched alkanes of at least 4 members (excludes halogenated alkanes) is 1. The van der Waals surface area contributed by atoms with Crippen molar-refractivity contribution in [3.05, 3.63) is 12.2 Å². The Labute approximate surface area is 161 Å². The minimum Gasteiger partial charge on any atom is -0.390 e. The van der Waals surface area contributed by atoms with Crippen LogP contribution < -0.4 is 0 Å². The number of hydrogen-bond acceptors (Lipinski definition) is 6. The molecule has 2 N–H and O–H groups in total. The number of carbonyl (C=O) groups excluding carboxylic acids is 2. The van der Waals surface area contributed by atoms with Crippen molar-refractivity contribution in [3.8, 4) is 11.8 Å². The predicted octanol–water partition coefficient (Wildman–Crippen LogP) is 2.86. The van der Waals surface area contributed by atoms with Gasteiger partial charge in [-0.2, -0.15) is 4.89 Å². The van der Waals surface area contributed by atoms with Crippen molar-refractivity contribution in [1.29, 1.82) is 0 Å². The molecular formula is C21H32O6. The van der Waals surface area contributed by atoms with Gasteiger partial charge in [0.2, 0.25) is 5.60 Å². The second kappa shape index (κ2) is 10.6. The SMILES string of the molecule is CCCCC(C)(O)C/C=C/C(C#CC(C)O)(OOC(C)=O)[C@H]1CCCC1=O. The van der Waals surface area contributed by atoms with Crippen LogP contribution in [0.5, 0.6) is 0 Å². The van der Waals surface area contributed by atoms with Crippen molar-refractivity contribution in [2.45, 2.75) is 89.9 Å². The highest BCUT2D eigenvalue weighted by atomic mass is 17.2. The summed E-state index contributed by atoms with van der Waals surface area (Å²) in [5.41, 5.74) is -2.37. The Morgan fingerprint density at radius 1 is 1.48 bits per heavy atom. The van der Waals surface area contributed by atoms with E-state index in [1.54, 1.807) is 19.1 Å². The number of aliphatic hydroxyl groups excluding tert-OH is 1. The van der Waals surface area contributed by atoms with Gasteiger partial charge in [0.25, 0.3) is 0 Å². The van der Waals surface area contributed by atoms with E-state index in [4.69, 9.17) is 9.78 Å². The largest absolute Gasteiger partial charge is 0.390 e. The van der Waals surface area contributed by atoms with Crippen LogP contribution in [0.15, 0.2) is 12.2 Å². The minimum absolute atomic E-state index is 0.0237. The Hall–Kier alpha value is -1.68. The molecule has 6 heteroatoms. The fourth-order valence-corrected chi connectivity index (χ4v) is 3.11. The summed E-state index contributed by atoms with van der Waals surface area (Å²) in [6, 6.07) is 0. The molecule has 0 heterocycles. The van der Waals surface area contributed by atoms with Crippen LogP contribution >= 0.6 is 0 Å². The van der Waals surface area contributed by atoms with Crippen LogP contribution in [0.1, 0.15) is 72.6 Å². The van der Waals surface area contributed by atoms with Gasteiger partial charge in [-0.3, -0.25) is 9.68 Å². The summed E-state index contributed by atoms with van der Waals surface area (Å²) in [5, 5.41) is 20.0. The van der Waals surface area contributed by atoms with Crippen LogP contribution in [-0.2, 0) is 19.4 Å². The molecule has 152 valence electrons. The lowest BCUT2D eigenvalue weighted by atomic mass is 9.84. The van der Waals surface area contributed by atoms with Crippen LogP contribution in [0.4, 0.5) is 0 Å². The van der Waals surface area contributed by atoms with Crippen molar-refractivity contribution in [1.82, 2.24) is 0 Å². The van der Waals surface area contributed by atoms with Gasteiger partial charge in [-0.1, -0.05) is 37.7 Å². The summed E-state index contributed by atoms with van der Waals surface area (Å²) in [6.45, 7) is 6.51. The summed E-state index contributed by atoms with van der Waals surface area (Å²) in [7, 11) is 0. The summed E-state index contributed by atoms with van der Waals surface area (Å²) in [6.07, 6.45) is 6.90. The number of ketones is 1. The summed E-state index contributed by atoms with van der Waals surface area (Å²) < 4.78 is 0. The van der Waals surface area contributed by atoms with Crippen LogP contribution in [-0.4, -0.2) is 39.3 Å². The monoisotopic (exact) mass is 380 g/mol. The van der Waals surface area contributed by atoms with Gasteiger partial charge in [-0.25, -0.2) is 4.79 Å². The molecular weight excluding hydrogens is 348 g/mol. The molecule has 0 aromatic heterocycles. The van der Waals surface area contributed by atoms with Crippen molar-refractivity contribution in [2.75, 3.05) is 0 Å². The Morgan fingerprint density at radius 2 is 2.19 bits per heavy atom. The van der Waals surface area contributed by atoms with E-state index < -0.39 is 29.2 Å². The molecule has 1 aliphatic carbocycles. The van der Waals surface area contributed by atoms with E-state index in [-0.39, 0.29) is 5.78 Å². The van der Waals surface area contributed by atoms with Crippen LogP contribution in [0.25, 0.3) is 0 Å². The van der Waals surface area contributed by atoms with E-state index in [1.807, 2.05) is 0 Å². The number of aliphatic hydroxyl groups is 2. The van der Waals surface area contributed by atoms with Crippen molar-refractivity contribution < 1.29 is 29.6 Å². The van der Waals surface area contributed by atoms with Crippen LogP contribution in [0, 0.1) is 17.8 Å². The number of Topliss-reactive ketones (excluding diaryl/α,β-unsaturated/α-hetero) is 1. The number of rotatable bonds is 9. The molecule has 4 atom stereocenters. The van der Waals surface area contributed by atoms with Gasteiger partial charge in [0.05, 0.1) is 11.5 Å². The Kier molecular flexibility index (Phi) is 9.17. The second-order valence-electron chi connectivity index (χ2n) is 7.51. The summed E-state index contributed by atoms with van der Waals surface area (Å²) in [5.74, 6) is 4.13. The van der Waals surface area contributed by atoms with E-state index in [2.05, 4.69) is 18.8 Å². The van der Waals surface area contributed by atoms with E-state index in [0.29, 0.717) is 32.1 Å². The average Bonchev–Trinajstić information content (AvgIpc) is 3.01. The zero-order chi connectivity index (χ0) is 20.5. The number of carbonyl (C=O) groups is 2. The van der Waals surface area contributed by atoms with Crippen LogP contribution in [0.2, 0.25) is 0 Å². The molecule has 1 rings (SSSR count). The highest BCUT2D eigenvalue weighted by molar-refractivity contribution is 5.85. The first-order chi connectivity index (χ1) is 12.6. The summed E-state index contributed by atoms with van der Waals surface area (Å²) in [4.78, 5) is 33.8. The number of hydrogen-bond donors (Lipinski definition) is 2. The maximum absolute atomic E-state index is 12.4. The normalized spacial score (nSPS) is 22.6. The third-order valence-corrected chi connectivity index (χ3v) is 4.59. The lowest BCUT2D eigenvalue weighted by molar-refractivity contribution is -0.312. The quantitative estimate of drug-likeness (QED) is 0.276. The Balaban J connectivity index is 3.16. The third-order valence-electron chi connectivity index (χ3n) is 4.59. The lowest BCUT2D eigenvalue weighted by Gasteiger charge is -2.29. The standard InChI is InChI=1S/C21H32O6/c1-5-6-12-20(4,25)13-8-14-21(15-11-16(2)22,27-26-17(3)23)18-9-7-10-19(18)24/h8,14,16,18,22,25H,5-7,9-10,12-13H2,1-4H3/b14-8+/t16?,18-,20?,21?/m0/s1. The Bertz CT molecular complexity index is 596. The fourth-order valence-electron chi connectivity index (χ4n) is 3.11. The summed E-state index contributed by atoms with van der Waals surface area (Å²) >= 11 is 0. The molecule has 27 heavy (non-hydrogen) atoms. The fraction of sp³-hybridized carbons (Fsp3) is 0.714. The Morgan fingerprint density at radius 3 is 2.70 bits per heavy atom. The predicted molar refractivity (Wildman–Crippen MR) is 101 cm³/mol. The molecule has 0 saturated heterocycles. The average molecular weight is 380 g/mol. The maximum Gasteiger partial charge on any atom is 0.339 e. The molecule has 1 aliphatic rings. The molecule has 0 spiro atoms. The minimum atomic E-state index is -1.48. The van der Waals surface area contributed by atoms with E-state index in [1.165, 1.54) is 13.8 Å². The third kappa shape index (κ3) is 7.84. The van der Waals surface area contributed by atoms with Gasteiger partial charge in [-0.05, 0) is 45.6 Å².